The smallest absolute Gasteiger partial charge is 0.250 e. The largest absolute Gasteiger partial charge is 0.274 e. The molecular weight excluding hydrogens is 334 g/mol. The van der Waals surface area contributed by atoms with Crippen LogP contribution in [0.4, 0.5) is 0 Å². The third-order valence-electron chi connectivity index (χ3n) is 3.34. The van der Waals surface area contributed by atoms with Crippen molar-refractivity contribution >= 4 is 23.9 Å². The van der Waals surface area contributed by atoms with Crippen LogP contribution in [0.2, 0.25) is 0 Å². The van der Waals surface area contributed by atoms with E-state index in [1.165, 1.54) is 11.8 Å². The zero-order valence-electron chi connectivity index (χ0n) is 13.7. The van der Waals surface area contributed by atoms with Crippen LogP contribution in [0.25, 0.3) is 5.69 Å². The molecule has 25 heavy (non-hydrogen) atoms. The number of thioether (sulfide) groups is 1. The summed E-state index contributed by atoms with van der Waals surface area (Å²) in [5.41, 5.74) is 4.41. The topological polar surface area (TPSA) is 72.2 Å². The molecule has 0 atom stereocenters. The third kappa shape index (κ3) is 4.54. The number of carbonyl (C=O) groups excluding carboxylic acids is 1. The van der Waals surface area contributed by atoms with Crippen molar-refractivity contribution in [2.75, 3.05) is 5.75 Å². The Morgan fingerprint density at radius 3 is 2.52 bits per heavy atom. The van der Waals surface area contributed by atoms with Crippen molar-refractivity contribution in [2.45, 2.75) is 12.1 Å². The lowest BCUT2D eigenvalue weighted by atomic mass is 10.2. The lowest BCUT2D eigenvalue weighted by molar-refractivity contribution is -0.118. The van der Waals surface area contributed by atoms with Crippen LogP contribution in [0.5, 0.6) is 0 Å². The highest BCUT2D eigenvalue weighted by atomic mass is 32.2. The molecule has 1 heterocycles. The predicted octanol–water partition coefficient (Wildman–Crippen LogP) is 2.82. The van der Waals surface area contributed by atoms with Crippen molar-refractivity contribution in [1.82, 2.24) is 20.2 Å². The number of nitrogens with one attached hydrogen (secondary N) is 1. The van der Waals surface area contributed by atoms with Crippen LogP contribution in [0.1, 0.15) is 11.4 Å². The SMILES string of the molecule is Cc1nnc(SCC(=O)N/N=C\c2ccccc2)n1-c1ccccc1. The van der Waals surface area contributed by atoms with E-state index >= 15 is 0 Å². The molecule has 0 aliphatic carbocycles. The van der Waals surface area contributed by atoms with Gasteiger partial charge >= 0.3 is 0 Å². The van der Waals surface area contributed by atoms with Crippen molar-refractivity contribution in [3.05, 3.63) is 72.1 Å². The second kappa shape index (κ2) is 8.25. The molecule has 1 aromatic heterocycles. The molecular formula is C18H17N5OS. The van der Waals surface area contributed by atoms with Crippen LogP contribution < -0.4 is 5.43 Å². The van der Waals surface area contributed by atoms with Gasteiger partial charge in [-0.2, -0.15) is 5.10 Å². The fourth-order valence-corrected chi connectivity index (χ4v) is 2.98. The summed E-state index contributed by atoms with van der Waals surface area (Å²) < 4.78 is 1.92. The Bertz CT molecular complexity index is 862. The van der Waals surface area contributed by atoms with Gasteiger partial charge in [0.05, 0.1) is 12.0 Å². The number of hydrogen-bond donors (Lipinski definition) is 1. The minimum Gasteiger partial charge on any atom is -0.274 e. The maximum atomic E-state index is 12.0. The lowest BCUT2D eigenvalue weighted by Crippen LogP contribution is -2.20. The summed E-state index contributed by atoms with van der Waals surface area (Å²) in [5.74, 6) is 0.783. The summed E-state index contributed by atoms with van der Waals surface area (Å²) in [6, 6.07) is 19.4. The molecule has 6 nitrogen and oxygen atoms in total. The summed E-state index contributed by atoms with van der Waals surface area (Å²) >= 11 is 1.32. The number of para-hydroxylation sites is 1. The number of benzene rings is 2. The maximum Gasteiger partial charge on any atom is 0.250 e. The number of hydrogen-bond acceptors (Lipinski definition) is 5. The van der Waals surface area contributed by atoms with Crippen molar-refractivity contribution in [3.63, 3.8) is 0 Å². The van der Waals surface area contributed by atoms with E-state index in [1.54, 1.807) is 6.21 Å². The quantitative estimate of drug-likeness (QED) is 0.421. The van der Waals surface area contributed by atoms with E-state index in [2.05, 4.69) is 20.7 Å². The molecule has 0 saturated carbocycles. The van der Waals surface area contributed by atoms with Gasteiger partial charge in [0.2, 0.25) is 0 Å². The molecule has 3 aromatic rings. The summed E-state index contributed by atoms with van der Waals surface area (Å²) in [4.78, 5) is 12.0. The number of nitrogens with zero attached hydrogens (tertiary/aromatic N) is 4. The molecule has 1 amide bonds. The van der Waals surface area contributed by atoms with E-state index < -0.39 is 0 Å². The Hall–Kier alpha value is -2.93. The van der Waals surface area contributed by atoms with Gasteiger partial charge in [-0.25, -0.2) is 5.43 Å². The first-order valence-electron chi connectivity index (χ1n) is 7.71. The highest BCUT2D eigenvalue weighted by Crippen LogP contribution is 2.21. The zero-order valence-corrected chi connectivity index (χ0v) is 14.5. The molecule has 0 radical (unpaired) electrons. The summed E-state index contributed by atoms with van der Waals surface area (Å²) in [6.07, 6.45) is 1.61. The second-order valence-electron chi connectivity index (χ2n) is 5.19. The minimum absolute atomic E-state index is 0.197. The molecule has 0 unspecified atom stereocenters. The van der Waals surface area contributed by atoms with Gasteiger partial charge in [-0.3, -0.25) is 9.36 Å². The van der Waals surface area contributed by atoms with Crippen molar-refractivity contribution in [1.29, 1.82) is 0 Å². The fourth-order valence-electron chi connectivity index (χ4n) is 2.19. The number of aromatic nitrogens is 3. The summed E-state index contributed by atoms with van der Waals surface area (Å²) in [6.45, 7) is 1.88. The van der Waals surface area contributed by atoms with E-state index in [0.29, 0.717) is 5.16 Å². The van der Waals surface area contributed by atoms with Gasteiger partial charge in [-0.1, -0.05) is 60.3 Å². The number of aryl methyl sites for hydroxylation is 1. The molecule has 0 spiro atoms. The lowest BCUT2D eigenvalue weighted by Gasteiger charge is -2.07. The van der Waals surface area contributed by atoms with Crippen LogP contribution in [0.15, 0.2) is 70.9 Å². The molecule has 0 saturated heterocycles. The van der Waals surface area contributed by atoms with Crippen LogP contribution in [0, 0.1) is 6.92 Å². The molecule has 0 fully saturated rings. The third-order valence-corrected chi connectivity index (χ3v) is 4.27. The normalized spacial score (nSPS) is 10.9. The van der Waals surface area contributed by atoms with Gasteiger partial charge in [-0.05, 0) is 24.6 Å². The Kier molecular flexibility index (Phi) is 5.58. The molecule has 0 bridgehead atoms. The average Bonchev–Trinajstić information content (AvgIpc) is 3.02. The van der Waals surface area contributed by atoms with Crippen LogP contribution >= 0.6 is 11.8 Å². The van der Waals surface area contributed by atoms with Crippen LogP contribution in [-0.4, -0.2) is 32.6 Å². The van der Waals surface area contributed by atoms with E-state index in [1.807, 2.05) is 72.2 Å². The Morgan fingerprint density at radius 2 is 1.80 bits per heavy atom. The highest BCUT2D eigenvalue weighted by molar-refractivity contribution is 7.99. The van der Waals surface area contributed by atoms with Gasteiger partial charge in [0.1, 0.15) is 5.82 Å². The first kappa shape index (κ1) is 16.9. The first-order valence-corrected chi connectivity index (χ1v) is 8.70. The number of rotatable bonds is 6. The zero-order chi connectivity index (χ0) is 17.5. The Labute approximate surface area is 150 Å². The number of hydrazone groups is 1. The summed E-state index contributed by atoms with van der Waals surface area (Å²) in [5, 5.41) is 12.9. The molecule has 0 aliphatic rings. The Balaban J connectivity index is 1.59. The number of amides is 1. The molecule has 2 aromatic carbocycles. The van der Waals surface area contributed by atoms with Crippen molar-refractivity contribution in [3.8, 4) is 5.69 Å². The highest BCUT2D eigenvalue weighted by Gasteiger charge is 2.12. The van der Waals surface area contributed by atoms with E-state index in [4.69, 9.17) is 0 Å². The predicted molar refractivity (Wildman–Crippen MR) is 99.0 cm³/mol. The van der Waals surface area contributed by atoms with E-state index in [0.717, 1.165) is 17.1 Å². The van der Waals surface area contributed by atoms with Gasteiger partial charge in [0.15, 0.2) is 5.16 Å². The van der Waals surface area contributed by atoms with Gasteiger partial charge in [-0.15, -0.1) is 10.2 Å². The standard InChI is InChI=1S/C18H17N5OS/c1-14-20-22-18(23(14)16-10-6-3-7-11-16)25-13-17(24)21-19-12-15-8-4-2-5-9-15/h2-12H,13H2,1H3,(H,21,24)/b19-12-. The van der Waals surface area contributed by atoms with E-state index in [-0.39, 0.29) is 11.7 Å². The molecule has 1 N–H and O–H groups in total. The van der Waals surface area contributed by atoms with Crippen LogP contribution in [0.3, 0.4) is 0 Å². The Morgan fingerprint density at radius 1 is 1.12 bits per heavy atom. The van der Waals surface area contributed by atoms with Crippen molar-refractivity contribution in [2.24, 2.45) is 5.10 Å². The molecule has 7 heteroatoms. The van der Waals surface area contributed by atoms with Gasteiger partial charge in [0, 0.05) is 5.69 Å². The fraction of sp³-hybridized carbons (Fsp3) is 0.111. The molecule has 126 valence electrons. The second-order valence-corrected chi connectivity index (χ2v) is 6.14. The first-order chi connectivity index (χ1) is 12.2. The maximum absolute atomic E-state index is 12.0. The molecule has 3 rings (SSSR count). The minimum atomic E-state index is -0.197. The van der Waals surface area contributed by atoms with E-state index in [9.17, 15) is 4.79 Å². The van der Waals surface area contributed by atoms with Crippen molar-refractivity contribution < 1.29 is 4.79 Å². The average molecular weight is 351 g/mol. The van der Waals surface area contributed by atoms with Gasteiger partial charge < -0.3 is 0 Å². The van der Waals surface area contributed by atoms with Gasteiger partial charge in [0.25, 0.3) is 5.91 Å². The number of carbonyl (C=O) groups is 1. The monoisotopic (exact) mass is 351 g/mol. The molecule has 0 aliphatic heterocycles. The summed E-state index contributed by atoms with van der Waals surface area (Å²) in [7, 11) is 0. The van der Waals surface area contributed by atoms with Crippen LogP contribution in [-0.2, 0) is 4.79 Å².